The first kappa shape index (κ1) is 16.2. The van der Waals surface area contributed by atoms with E-state index in [1.165, 1.54) is 11.3 Å². The first-order valence-electron chi connectivity index (χ1n) is 6.55. The molecule has 0 radical (unpaired) electrons. The fourth-order valence-corrected chi connectivity index (χ4v) is 5.83. The summed E-state index contributed by atoms with van der Waals surface area (Å²) in [5.74, 6) is 0.361. The quantitative estimate of drug-likeness (QED) is 0.796. The summed E-state index contributed by atoms with van der Waals surface area (Å²) in [5.41, 5.74) is 0.810. The molecule has 1 aromatic heterocycles. The molecule has 0 amide bonds. The molecule has 1 fully saturated rings. The van der Waals surface area contributed by atoms with Crippen LogP contribution in [0.4, 0.5) is 0 Å². The van der Waals surface area contributed by atoms with E-state index in [-0.39, 0.29) is 5.54 Å². The number of alkyl halides is 1. The van der Waals surface area contributed by atoms with Crippen molar-refractivity contribution in [3.05, 3.63) is 16.5 Å². The fourth-order valence-electron chi connectivity index (χ4n) is 2.28. The maximum Gasteiger partial charge on any atom is 0.252 e. The Labute approximate surface area is 130 Å². The minimum absolute atomic E-state index is 0.146. The molecular weight excluding hydrogens is 316 g/mol. The van der Waals surface area contributed by atoms with Gasteiger partial charge in [0, 0.05) is 30.1 Å². The fraction of sp³-hybridized carbons (Fsp3) is 0.692. The molecule has 0 spiro atoms. The van der Waals surface area contributed by atoms with Gasteiger partial charge in [0.2, 0.25) is 0 Å². The Balaban J connectivity index is 2.31. The molecule has 2 rings (SSSR count). The van der Waals surface area contributed by atoms with Crippen molar-refractivity contribution in [3.8, 4) is 0 Å². The lowest BCUT2D eigenvalue weighted by Crippen LogP contribution is -2.58. The van der Waals surface area contributed by atoms with Gasteiger partial charge >= 0.3 is 0 Å². The van der Waals surface area contributed by atoms with E-state index >= 15 is 0 Å². The van der Waals surface area contributed by atoms with Gasteiger partial charge in [-0.2, -0.15) is 4.31 Å². The van der Waals surface area contributed by atoms with Gasteiger partial charge in [0.05, 0.1) is 5.88 Å². The highest BCUT2D eigenvalue weighted by molar-refractivity contribution is 7.91. The van der Waals surface area contributed by atoms with Gasteiger partial charge in [-0.1, -0.05) is 0 Å². The van der Waals surface area contributed by atoms with Crippen molar-refractivity contribution in [2.45, 2.75) is 36.4 Å². The van der Waals surface area contributed by atoms with Crippen LogP contribution in [-0.4, -0.2) is 49.8 Å². The van der Waals surface area contributed by atoms with Crippen molar-refractivity contribution in [1.29, 1.82) is 0 Å². The summed E-state index contributed by atoms with van der Waals surface area (Å²) in [6.45, 7) is 7.84. The molecule has 0 unspecified atom stereocenters. The summed E-state index contributed by atoms with van der Waals surface area (Å²) in [4.78, 5) is 3.13. The Bertz CT molecular complexity index is 596. The monoisotopic (exact) mass is 336 g/mol. The standard InChI is InChI=1S/C13H21ClN2O2S2/c1-10-7-12(19-11(10)8-14)20(17,18)16-6-5-15(4)13(2,3)9-16/h7H,5-6,8-9H2,1-4H3. The molecule has 0 N–H and O–H groups in total. The van der Waals surface area contributed by atoms with E-state index in [4.69, 9.17) is 11.6 Å². The molecule has 1 saturated heterocycles. The Morgan fingerprint density at radius 2 is 2.05 bits per heavy atom. The van der Waals surface area contributed by atoms with Crippen LogP contribution in [0, 0.1) is 6.92 Å². The number of sulfonamides is 1. The summed E-state index contributed by atoms with van der Waals surface area (Å²) in [6.07, 6.45) is 0. The van der Waals surface area contributed by atoms with Crippen molar-refractivity contribution in [3.63, 3.8) is 0 Å². The van der Waals surface area contributed by atoms with Gasteiger partial charge in [0.25, 0.3) is 10.0 Å². The van der Waals surface area contributed by atoms with Gasteiger partial charge < -0.3 is 0 Å². The van der Waals surface area contributed by atoms with Crippen molar-refractivity contribution in [1.82, 2.24) is 9.21 Å². The van der Waals surface area contributed by atoms with Gasteiger partial charge in [-0.25, -0.2) is 8.42 Å². The molecule has 4 nitrogen and oxygen atoms in total. The van der Waals surface area contributed by atoms with Crippen LogP contribution in [0.1, 0.15) is 24.3 Å². The lowest BCUT2D eigenvalue weighted by Gasteiger charge is -2.44. The molecule has 2 heterocycles. The molecule has 0 atom stereocenters. The predicted molar refractivity (Wildman–Crippen MR) is 84.1 cm³/mol. The summed E-state index contributed by atoms with van der Waals surface area (Å²) < 4.78 is 27.5. The van der Waals surface area contributed by atoms with Gasteiger partial charge in [0.1, 0.15) is 4.21 Å². The average Bonchev–Trinajstić information content (AvgIpc) is 2.74. The number of hydrogen-bond donors (Lipinski definition) is 0. The number of halogens is 1. The van der Waals surface area contributed by atoms with Crippen LogP contribution >= 0.6 is 22.9 Å². The number of likely N-dealkylation sites (N-methyl/N-ethyl adjacent to an activating group) is 1. The Morgan fingerprint density at radius 1 is 1.40 bits per heavy atom. The zero-order valence-electron chi connectivity index (χ0n) is 12.3. The highest BCUT2D eigenvalue weighted by Gasteiger charge is 2.37. The second-order valence-electron chi connectivity index (χ2n) is 5.88. The second-order valence-corrected chi connectivity index (χ2v) is 9.45. The van der Waals surface area contributed by atoms with E-state index in [2.05, 4.69) is 18.7 Å². The largest absolute Gasteiger partial charge is 0.299 e. The second kappa shape index (κ2) is 5.57. The lowest BCUT2D eigenvalue weighted by atomic mass is 10.0. The molecular formula is C13H21ClN2O2S2. The highest BCUT2D eigenvalue weighted by atomic mass is 35.5. The SMILES string of the molecule is Cc1cc(S(=O)(=O)N2CCN(C)C(C)(C)C2)sc1CCl. The number of hydrogen-bond acceptors (Lipinski definition) is 4. The number of thiophene rings is 1. The van der Waals surface area contributed by atoms with Crippen LogP contribution in [-0.2, 0) is 15.9 Å². The first-order valence-corrected chi connectivity index (χ1v) is 9.34. The Hall–Kier alpha value is -0.140. The topological polar surface area (TPSA) is 40.6 Å². The summed E-state index contributed by atoms with van der Waals surface area (Å²) >= 11 is 7.13. The minimum atomic E-state index is -3.40. The van der Waals surface area contributed by atoms with Gasteiger partial charge in [0.15, 0.2) is 0 Å². The zero-order chi connectivity index (χ0) is 15.1. The molecule has 0 aromatic carbocycles. The molecule has 1 aromatic rings. The third-order valence-electron chi connectivity index (χ3n) is 3.99. The van der Waals surface area contributed by atoms with E-state index in [1.54, 1.807) is 10.4 Å². The Kier molecular flexibility index (Phi) is 4.52. The van der Waals surface area contributed by atoms with Gasteiger partial charge in [-0.3, -0.25) is 4.90 Å². The average molecular weight is 337 g/mol. The van der Waals surface area contributed by atoms with Gasteiger partial charge in [-0.15, -0.1) is 22.9 Å². The molecule has 0 bridgehead atoms. The zero-order valence-corrected chi connectivity index (χ0v) is 14.7. The molecule has 1 aliphatic rings. The maximum absolute atomic E-state index is 12.7. The van der Waals surface area contributed by atoms with Crippen molar-refractivity contribution in [2.75, 3.05) is 26.7 Å². The summed E-state index contributed by atoms with van der Waals surface area (Å²) in [6, 6.07) is 1.74. The molecule has 1 aliphatic heterocycles. The van der Waals surface area contributed by atoms with Crippen LogP contribution in [0.2, 0.25) is 0 Å². The first-order chi connectivity index (χ1) is 9.18. The van der Waals surface area contributed by atoms with Crippen LogP contribution < -0.4 is 0 Å². The number of nitrogens with zero attached hydrogens (tertiary/aromatic N) is 2. The highest BCUT2D eigenvalue weighted by Crippen LogP contribution is 2.31. The Morgan fingerprint density at radius 3 is 2.55 bits per heavy atom. The van der Waals surface area contributed by atoms with E-state index in [1.807, 2.05) is 14.0 Å². The van der Waals surface area contributed by atoms with Crippen LogP contribution in [0.25, 0.3) is 0 Å². The van der Waals surface area contributed by atoms with Gasteiger partial charge in [-0.05, 0) is 39.4 Å². The smallest absolute Gasteiger partial charge is 0.252 e. The van der Waals surface area contributed by atoms with E-state index in [0.29, 0.717) is 23.2 Å². The number of aryl methyl sites for hydroxylation is 1. The van der Waals surface area contributed by atoms with E-state index in [9.17, 15) is 8.42 Å². The molecule has 0 saturated carbocycles. The predicted octanol–water partition coefficient (Wildman–Crippen LogP) is 2.51. The van der Waals surface area contributed by atoms with Crippen molar-refractivity contribution in [2.24, 2.45) is 0 Å². The van der Waals surface area contributed by atoms with Crippen LogP contribution in [0.5, 0.6) is 0 Å². The summed E-state index contributed by atoms with van der Waals surface area (Å²) in [7, 11) is -1.37. The number of piperazine rings is 1. The molecule has 114 valence electrons. The number of rotatable bonds is 3. The molecule has 7 heteroatoms. The van der Waals surface area contributed by atoms with E-state index in [0.717, 1.165) is 17.0 Å². The van der Waals surface area contributed by atoms with Crippen LogP contribution in [0.15, 0.2) is 10.3 Å². The summed E-state index contributed by atoms with van der Waals surface area (Å²) in [5, 5.41) is 0. The van der Waals surface area contributed by atoms with Crippen molar-refractivity contribution < 1.29 is 8.42 Å². The third kappa shape index (κ3) is 2.90. The van der Waals surface area contributed by atoms with Crippen molar-refractivity contribution >= 4 is 33.0 Å². The lowest BCUT2D eigenvalue weighted by molar-refractivity contribution is 0.0802. The molecule has 0 aliphatic carbocycles. The van der Waals surface area contributed by atoms with E-state index < -0.39 is 10.0 Å². The normalized spacial score (nSPS) is 21.2. The van der Waals surface area contributed by atoms with Crippen LogP contribution in [0.3, 0.4) is 0 Å². The minimum Gasteiger partial charge on any atom is -0.299 e. The third-order valence-corrected chi connectivity index (χ3v) is 7.95. The molecule has 20 heavy (non-hydrogen) atoms. The maximum atomic E-state index is 12.7.